The molecule has 40 heavy (non-hydrogen) atoms. The van der Waals surface area contributed by atoms with Crippen molar-refractivity contribution in [2.24, 2.45) is 0 Å². The van der Waals surface area contributed by atoms with Gasteiger partial charge in [0.2, 0.25) is 5.95 Å². The van der Waals surface area contributed by atoms with E-state index >= 15 is 0 Å². The fourth-order valence-corrected chi connectivity index (χ4v) is 6.23. The van der Waals surface area contributed by atoms with Gasteiger partial charge in [-0.2, -0.15) is 10.1 Å². The molecule has 0 radical (unpaired) electrons. The molecule has 0 unspecified atom stereocenters. The van der Waals surface area contributed by atoms with Gasteiger partial charge in [-0.15, -0.1) is 11.8 Å². The number of nitrogens with one attached hydrogen (secondary N) is 1. The molecule has 2 N–H and O–H groups in total. The topological polar surface area (TPSA) is 128 Å². The van der Waals surface area contributed by atoms with Crippen LogP contribution in [0, 0.1) is 13.8 Å². The molecule has 0 aliphatic carbocycles. The van der Waals surface area contributed by atoms with Gasteiger partial charge >= 0.3 is 6.09 Å². The average Bonchev–Trinajstić information content (AvgIpc) is 3.47. The first-order chi connectivity index (χ1) is 19.1. The number of anilines is 1. The fraction of sp³-hybridized carbons (Fsp3) is 0.536. The number of rotatable bonds is 8. The summed E-state index contributed by atoms with van der Waals surface area (Å²) in [6.45, 7) is 12.2. The lowest BCUT2D eigenvalue weighted by molar-refractivity contribution is 0.190. The summed E-state index contributed by atoms with van der Waals surface area (Å²) in [5, 5.41) is 20.2. The third-order valence-electron chi connectivity index (χ3n) is 7.23. The smallest absolute Gasteiger partial charge is 0.414 e. The number of ether oxygens (including phenoxy) is 2. The molecule has 0 aromatic carbocycles. The molecule has 11 nitrogen and oxygen atoms in total. The van der Waals surface area contributed by atoms with Gasteiger partial charge in [0.25, 0.3) is 0 Å². The number of hydrogen-bond donors (Lipinski definition) is 2. The average molecular weight is 568 g/mol. The van der Waals surface area contributed by atoms with Gasteiger partial charge in [0.1, 0.15) is 10.8 Å². The highest BCUT2D eigenvalue weighted by Crippen LogP contribution is 2.37. The van der Waals surface area contributed by atoms with Crippen molar-refractivity contribution in [2.45, 2.75) is 70.6 Å². The van der Waals surface area contributed by atoms with Crippen LogP contribution in [0.25, 0.3) is 17.1 Å². The highest BCUT2D eigenvalue weighted by Gasteiger charge is 2.33. The van der Waals surface area contributed by atoms with Crippen LogP contribution in [-0.2, 0) is 11.3 Å². The predicted octanol–water partition coefficient (Wildman–Crippen LogP) is 4.44. The van der Waals surface area contributed by atoms with Crippen LogP contribution < -0.4 is 15.0 Å². The third kappa shape index (κ3) is 5.65. The van der Waals surface area contributed by atoms with E-state index in [-0.39, 0.29) is 5.95 Å². The monoisotopic (exact) mass is 567 g/mol. The summed E-state index contributed by atoms with van der Waals surface area (Å²) in [6.07, 6.45) is 4.72. The van der Waals surface area contributed by atoms with Gasteiger partial charge in [0.05, 0.1) is 37.0 Å². The van der Waals surface area contributed by atoms with Gasteiger partial charge in [0.15, 0.2) is 5.65 Å². The maximum atomic E-state index is 12.3. The second-order valence-electron chi connectivity index (χ2n) is 11.3. The van der Waals surface area contributed by atoms with E-state index in [4.69, 9.17) is 24.5 Å². The van der Waals surface area contributed by atoms with Gasteiger partial charge in [0, 0.05) is 41.3 Å². The Bertz CT molecular complexity index is 1460. The molecular weight excluding hydrogens is 530 g/mol. The number of pyridine rings is 1. The van der Waals surface area contributed by atoms with E-state index < -0.39 is 11.6 Å². The van der Waals surface area contributed by atoms with E-state index in [9.17, 15) is 9.90 Å². The molecule has 214 valence electrons. The number of aromatic nitrogens is 5. The Morgan fingerprint density at radius 1 is 1.32 bits per heavy atom. The summed E-state index contributed by atoms with van der Waals surface area (Å²) in [5.41, 5.74) is 4.57. The van der Waals surface area contributed by atoms with Crippen LogP contribution in [-0.4, -0.2) is 80.1 Å². The fourth-order valence-electron chi connectivity index (χ4n) is 5.19. The van der Waals surface area contributed by atoms with E-state index in [1.165, 1.54) is 10.5 Å². The summed E-state index contributed by atoms with van der Waals surface area (Å²) >= 11 is 1.60. The van der Waals surface area contributed by atoms with Crippen molar-refractivity contribution in [2.75, 3.05) is 37.5 Å². The molecular formula is C28H37N7O4S. The van der Waals surface area contributed by atoms with Crippen LogP contribution in [0.5, 0.6) is 5.75 Å². The largest absolute Gasteiger partial charge is 0.496 e. The molecule has 5 rings (SSSR count). The summed E-state index contributed by atoms with van der Waals surface area (Å²) in [6, 6.07) is 0.400. The Labute approximate surface area is 238 Å². The zero-order valence-electron chi connectivity index (χ0n) is 23.9. The van der Waals surface area contributed by atoms with Crippen LogP contribution in [0.4, 0.5) is 10.7 Å². The van der Waals surface area contributed by atoms with Crippen LogP contribution in [0.15, 0.2) is 16.8 Å². The van der Waals surface area contributed by atoms with Gasteiger partial charge in [-0.05, 0) is 60.1 Å². The zero-order chi connectivity index (χ0) is 28.6. The molecule has 5 heterocycles. The van der Waals surface area contributed by atoms with E-state index in [1.807, 2.05) is 34.6 Å². The van der Waals surface area contributed by atoms with Crippen molar-refractivity contribution in [3.05, 3.63) is 34.3 Å². The van der Waals surface area contributed by atoms with E-state index in [0.717, 1.165) is 77.0 Å². The Hall–Kier alpha value is -3.22. The SMILES string of the molecule is COc1c(C)cnc(Cn2nc3c4c(nc(N(C(=O)O)C(C)(C)C)nc42)SCC(CCN[C@@H]2CCOC2)=C3)c1C. The highest BCUT2D eigenvalue weighted by molar-refractivity contribution is 7.99. The van der Waals surface area contributed by atoms with Crippen molar-refractivity contribution in [1.29, 1.82) is 0 Å². The van der Waals surface area contributed by atoms with E-state index in [0.29, 0.717) is 18.2 Å². The highest BCUT2D eigenvalue weighted by atomic mass is 32.2. The van der Waals surface area contributed by atoms with Crippen molar-refractivity contribution >= 4 is 40.9 Å². The van der Waals surface area contributed by atoms with Gasteiger partial charge in [-0.25, -0.2) is 19.4 Å². The molecule has 1 amide bonds. The lowest BCUT2D eigenvalue weighted by atomic mass is 10.1. The molecule has 0 saturated carbocycles. The standard InChI is InChI=1S/C28H37N7O4S/c1-16-12-30-21(17(2)23(16)38-6)13-34-24-22-20(33-34)11-18(7-9-29-19-8-10-39-14-19)15-40-25(22)32-26(31-24)35(27(36)37)28(3,4)5/h11-12,19,29H,7-10,13-15H2,1-6H3,(H,36,37)/t19-/m1/s1. The number of hydrogen-bond acceptors (Lipinski definition) is 9. The van der Waals surface area contributed by atoms with Gasteiger partial charge < -0.3 is 19.9 Å². The molecule has 1 fully saturated rings. The van der Waals surface area contributed by atoms with Crippen molar-refractivity contribution in [1.82, 2.24) is 30.0 Å². The first-order valence-corrected chi connectivity index (χ1v) is 14.5. The molecule has 2 aliphatic heterocycles. The number of methoxy groups -OCH3 is 1. The van der Waals surface area contributed by atoms with Crippen LogP contribution in [0.1, 0.15) is 56.1 Å². The summed E-state index contributed by atoms with van der Waals surface area (Å²) in [7, 11) is 1.66. The second-order valence-corrected chi connectivity index (χ2v) is 12.2. The van der Waals surface area contributed by atoms with Crippen molar-refractivity contribution < 1.29 is 19.4 Å². The first-order valence-electron chi connectivity index (χ1n) is 13.5. The first kappa shape index (κ1) is 28.3. The lowest BCUT2D eigenvalue weighted by Crippen LogP contribution is -2.46. The van der Waals surface area contributed by atoms with Crippen LogP contribution >= 0.6 is 11.8 Å². The van der Waals surface area contributed by atoms with Gasteiger partial charge in [-0.3, -0.25) is 4.98 Å². The molecule has 0 spiro atoms. The number of carbonyl (C=O) groups is 1. The Morgan fingerprint density at radius 2 is 2.12 bits per heavy atom. The number of nitrogens with zero attached hydrogens (tertiary/aromatic N) is 6. The Morgan fingerprint density at radius 3 is 2.80 bits per heavy atom. The minimum Gasteiger partial charge on any atom is -0.496 e. The zero-order valence-corrected chi connectivity index (χ0v) is 24.8. The quantitative estimate of drug-likeness (QED) is 0.377. The molecule has 0 bridgehead atoms. The summed E-state index contributed by atoms with van der Waals surface area (Å²) < 4.78 is 12.9. The molecule has 1 atom stereocenters. The van der Waals surface area contributed by atoms with Crippen molar-refractivity contribution in [3.8, 4) is 5.75 Å². The van der Waals surface area contributed by atoms with Crippen molar-refractivity contribution in [3.63, 3.8) is 0 Å². The lowest BCUT2D eigenvalue weighted by Gasteiger charge is -2.31. The molecule has 3 aromatic heterocycles. The maximum absolute atomic E-state index is 12.3. The Kier molecular flexibility index (Phi) is 8.03. The number of amides is 1. The number of aryl methyl sites for hydroxylation is 1. The maximum Gasteiger partial charge on any atom is 0.414 e. The molecule has 2 aliphatic rings. The predicted molar refractivity (Wildman–Crippen MR) is 155 cm³/mol. The third-order valence-corrected chi connectivity index (χ3v) is 8.31. The summed E-state index contributed by atoms with van der Waals surface area (Å²) in [5.74, 6) is 1.67. The van der Waals surface area contributed by atoms with E-state index in [1.54, 1.807) is 29.8 Å². The van der Waals surface area contributed by atoms with E-state index in [2.05, 4.69) is 16.4 Å². The molecule has 3 aromatic rings. The number of carboxylic acid groups (broad SMARTS) is 1. The normalized spacial score (nSPS) is 17.1. The Balaban J connectivity index is 1.57. The number of thioether (sulfide) groups is 1. The minimum absolute atomic E-state index is 0.139. The van der Waals surface area contributed by atoms with Gasteiger partial charge in [-0.1, -0.05) is 5.57 Å². The molecule has 12 heteroatoms. The summed E-state index contributed by atoms with van der Waals surface area (Å²) in [4.78, 5) is 27.8. The minimum atomic E-state index is -1.11. The second kappa shape index (κ2) is 11.3. The van der Waals surface area contributed by atoms with Crippen LogP contribution in [0.3, 0.4) is 0 Å². The molecule has 1 saturated heterocycles. The van der Waals surface area contributed by atoms with Crippen LogP contribution in [0.2, 0.25) is 0 Å².